The van der Waals surface area contributed by atoms with E-state index in [9.17, 15) is 4.79 Å². The Morgan fingerprint density at radius 3 is 2.73 bits per heavy atom. The second-order valence-corrected chi connectivity index (χ2v) is 3.96. The van der Waals surface area contributed by atoms with E-state index in [1.807, 2.05) is 11.0 Å². The predicted molar refractivity (Wildman–Crippen MR) is 59.4 cm³/mol. The first-order valence-electron chi connectivity index (χ1n) is 5.35. The first kappa shape index (κ1) is 12.2. The number of amides is 1. The van der Waals surface area contributed by atoms with Crippen LogP contribution < -0.4 is 5.73 Å². The monoisotopic (exact) mass is 212 g/mol. The van der Waals surface area contributed by atoms with Crippen LogP contribution in [0.2, 0.25) is 0 Å². The van der Waals surface area contributed by atoms with Gasteiger partial charge in [0.25, 0.3) is 0 Å². The molecule has 1 saturated heterocycles. The fraction of sp³-hybridized carbons (Fsp3) is 0.727. The summed E-state index contributed by atoms with van der Waals surface area (Å²) in [6.45, 7) is 5.63. The number of hydrogen-bond donors (Lipinski definition) is 1. The van der Waals surface area contributed by atoms with Crippen LogP contribution >= 0.6 is 0 Å². The lowest BCUT2D eigenvalue weighted by molar-refractivity contribution is -0.134. The summed E-state index contributed by atoms with van der Waals surface area (Å²) in [5.74, 6) is 0.548. The maximum atomic E-state index is 11.8. The number of nitrogens with zero attached hydrogens (tertiary/aromatic N) is 1. The fourth-order valence-electron chi connectivity index (χ4n) is 1.84. The Hall–Kier alpha value is -0.870. The molecule has 4 heteroatoms. The number of allylic oxidation sites excluding steroid dienone is 1. The van der Waals surface area contributed by atoms with Gasteiger partial charge >= 0.3 is 0 Å². The topological polar surface area (TPSA) is 55.6 Å². The molecule has 1 rings (SSSR count). The van der Waals surface area contributed by atoms with Gasteiger partial charge in [0.1, 0.15) is 6.04 Å². The standard InChI is InChI=1S/C11H20N2O2/c1-3-9-4-6-13(7-5-9)11(14)10(12)8-15-2/h3,9-10H,1,4-8,12H2,2H3. The number of rotatable bonds is 4. The van der Waals surface area contributed by atoms with Crippen LogP contribution in [0.5, 0.6) is 0 Å². The number of nitrogens with two attached hydrogens (primary N) is 1. The summed E-state index contributed by atoms with van der Waals surface area (Å²) < 4.78 is 4.87. The average Bonchev–Trinajstić information content (AvgIpc) is 2.28. The smallest absolute Gasteiger partial charge is 0.241 e. The Morgan fingerprint density at radius 1 is 1.67 bits per heavy atom. The minimum absolute atomic E-state index is 0.000591. The van der Waals surface area contributed by atoms with Crippen LogP contribution in [-0.4, -0.2) is 43.7 Å². The van der Waals surface area contributed by atoms with Gasteiger partial charge in [-0.1, -0.05) is 6.08 Å². The SMILES string of the molecule is C=CC1CCN(C(=O)C(N)COC)CC1. The van der Waals surface area contributed by atoms with Crippen molar-refractivity contribution in [3.05, 3.63) is 12.7 Å². The van der Waals surface area contributed by atoms with Crippen molar-refractivity contribution in [2.45, 2.75) is 18.9 Å². The zero-order valence-corrected chi connectivity index (χ0v) is 9.32. The van der Waals surface area contributed by atoms with Gasteiger partial charge in [-0.15, -0.1) is 6.58 Å². The molecule has 0 radical (unpaired) electrons. The molecule has 2 N–H and O–H groups in total. The van der Waals surface area contributed by atoms with Gasteiger partial charge in [0.15, 0.2) is 0 Å². The van der Waals surface area contributed by atoms with E-state index in [-0.39, 0.29) is 5.91 Å². The molecule has 0 aliphatic carbocycles. The molecule has 1 fully saturated rings. The number of ether oxygens (including phenoxy) is 1. The molecule has 1 aliphatic heterocycles. The molecule has 1 aliphatic rings. The molecule has 0 aromatic rings. The van der Waals surface area contributed by atoms with E-state index in [0.717, 1.165) is 25.9 Å². The van der Waals surface area contributed by atoms with Gasteiger partial charge in [-0.05, 0) is 18.8 Å². The van der Waals surface area contributed by atoms with Crippen molar-refractivity contribution in [3.63, 3.8) is 0 Å². The van der Waals surface area contributed by atoms with E-state index in [0.29, 0.717) is 12.5 Å². The molecule has 15 heavy (non-hydrogen) atoms. The van der Waals surface area contributed by atoms with Crippen molar-refractivity contribution in [2.75, 3.05) is 26.8 Å². The third kappa shape index (κ3) is 3.32. The molecule has 0 aromatic carbocycles. The van der Waals surface area contributed by atoms with Crippen LogP contribution in [0.1, 0.15) is 12.8 Å². The van der Waals surface area contributed by atoms with Gasteiger partial charge in [-0.2, -0.15) is 0 Å². The molecule has 0 spiro atoms. The zero-order valence-electron chi connectivity index (χ0n) is 9.32. The number of likely N-dealkylation sites (tertiary alicyclic amines) is 1. The van der Waals surface area contributed by atoms with Crippen molar-refractivity contribution in [2.24, 2.45) is 11.7 Å². The number of methoxy groups -OCH3 is 1. The summed E-state index contributed by atoms with van der Waals surface area (Å²) in [6, 6.07) is -0.518. The number of hydrogen-bond acceptors (Lipinski definition) is 3. The minimum Gasteiger partial charge on any atom is -0.383 e. The lowest BCUT2D eigenvalue weighted by Crippen LogP contribution is -2.48. The molecule has 0 bridgehead atoms. The van der Waals surface area contributed by atoms with Crippen LogP contribution in [-0.2, 0) is 9.53 Å². The van der Waals surface area contributed by atoms with Gasteiger partial charge in [-0.25, -0.2) is 0 Å². The Balaban J connectivity index is 2.38. The van der Waals surface area contributed by atoms with Crippen molar-refractivity contribution in [1.82, 2.24) is 4.90 Å². The second kappa shape index (κ2) is 5.88. The van der Waals surface area contributed by atoms with E-state index >= 15 is 0 Å². The van der Waals surface area contributed by atoms with Crippen molar-refractivity contribution in [1.29, 1.82) is 0 Å². The Kier molecular flexibility index (Phi) is 4.78. The zero-order chi connectivity index (χ0) is 11.3. The quantitative estimate of drug-likeness (QED) is 0.686. The molecule has 1 atom stereocenters. The van der Waals surface area contributed by atoms with Crippen LogP contribution in [0.3, 0.4) is 0 Å². The van der Waals surface area contributed by atoms with E-state index in [1.54, 1.807) is 7.11 Å². The van der Waals surface area contributed by atoms with E-state index in [2.05, 4.69) is 6.58 Å². The highest BCUT2D eigenvalue weighted by molar-refractivity contribution is 5.81. The summed E-state index contributed by atoms with van der Waals surface area (Å²) >= 11 is 0. The van der Waals surface area contributed by atoms with Gasteiger partial charge in [-0.3, -0.25) is 4.79 Å². The molecule has 1 heterocycles. The third-order valence-electron chi connectivity index (χ3n) is 2.85. The lowest BCUT2D eigenvalue weighted by atomic mass is 9.97. The molecule has 1 amide bonds. The maximum Gasteiger partial charge on any atom is 0.241 e. The number of carbonyl (C=O) groups is 1. The first-order valence-corrected chi connectivity index (χ1v) is 5.35. The average molecular weight is 212 g/mol. The number of piperidine rings is 1. The van der Waals surface area contributed by atoms with Gasteiger partial charge < -0.3 is 15.4 Å². The highest BCUT2D eigenvalue weighted by Crippen LogP contribution is 2.18. The lowest BCUT2D eigenvalue weighted by Gasteiger charge is -2.32. The first-order chi connectivity index (χ1) is 7.19. The summed E-state index contributed by atoms with van der Waals surface area (Å²) in [6.07, 6.45) is 3.96. The van der Waals surface area contributed by atoms with E-state index in [1.165, 1.54) is 0 Å². The van der Waals surface area contributed by atoms with Crippen molar-refractivity contribution in [3.8, 4) is 0 Å². The molecule has 4 nitrogen and oxygen atoms in total. The Bertz CT molecular complexity index is 223. The highest BCUT2D eigenvalue weighted by atomic mass is 16.5. The molecule has 0 saturated carbocycles. The molecular weight excluding hydrogens is 192 g/mol. The summed E-state index contributed by atoms with van der Waals surface area (Å²) in [5.41, 5.74) is 5.69. The van der Waals surface area contributed by atoms with Crippen LogP contribution in [0.15, 0.2) is 12.7 Å². The normalized spacial score (nSPS) is 20.0. The minimum atomic E-state index is -0.518. The van der Waals surface area contributed by atoms with Crippen LogP contribution in [0.25, 0.3) is 0 Å². The van der Waals surface area contributed by atoms with Gasteiger partial charge in [0.05, 0.1) is 6.61 Å². The molecule has 1 unspecified atom stereocenters. The molecular formula is C11H20N2O2. The van der Waals surface area contributed by atoms with Gasteiger partial charge in [0.2, 0.25) is 5.91 Å². The fourth-order valence-corrected chi connectivity index (χ4v) is 1.84. The number of carbonyl (C=O) groups excluding carboxylic acids is 1. The Labute approximate surface area is 91.1 Å². The van der Waals surface area contributed by atoms with Crippen molar-refractivity contribution < 1.29 is 9.53 Å². The van der Waals surface area contributed by atoms with E-state index < -0.39 is 6.04 Å². The summed E-state index contributed by atoms with van der Waals surface area (Å²) in [7, 11) is 1.55. The van der Waals surface area contributed by atoms with Gasteiger partial charge in [0, 0.05) is 20.2 Å². The third-order valence-corrected chi connectivity index (χ3v) is 2.85. The van der Waals surface area contributed by atoms with Crippen LogP contribution in [0.4, 0.5) is 0 Å². The largest absolute Gasteiger partial charge is 0.383 e. The second-order valence-electron chi connectivity index (χ2n) is 3.96. The molecule has 0 aromatic heterocycles. The summed E-state index contributed by atoms with van der Waals surface area (Å²) in [5, 5.41) is 0. The maximum absolute atomic E-state index is 11.8. The molecule has 86 valence electrons. The Morgan fingerprint density at radius 2 is 2.27 bits per heavy atom. The van der Waals surface area contributed by atoms with Crippen molar-refractivity contribution >= 4 is 5.91 Å². The highest BCUT2D eigenvalue weighted by Gasteiger charge is 2.24. The summed E-state index contributed by atoms with van der Waals surface area (Å²) in [4.78, 5) is 13.6. The predicted octanol–water partition coefficient (Wildman–Crippen LogP) is 0.385. The van der Waals surface area contributed by atoms with Crippen LogP contribution in [0, 0.1) is 5.92 Å². The van der Waals surface area contributed by atoms with E-state index in [4.69, 9.17) is 10.5 Å².